The van der Waals surface area contributed by atoms with Crippen LogP contribution in [-0.4, -0.2) is 30.8 Å². The number of sulfonamides is 1. The Morgan fingerprint density at radius 3 is 2.54 bits per heavy atom. The molecule has 2 atom stereocenters. The third-order valence-electron chi connectivity index (χ3n) is 7.54. The lowest BCUT2D eigenvalue weighted by Crippen LogP contribution is -2.35. The molecule has 1 aromatic heterocycles. The van der Waals surface area contributed by atoms with Crippen molar-refractivity contribution in [3.63, 3.8) is 0 Å². The lowest BCUT2D eigenvalue weighted by molar-refractivity contribution is 0.275. The van der Waals surface area contributed by atoms with E-state index in [0.29, 0.717) is 43.0 Å². The molecule has 1 heterocycles. The Labute approximate surface area is 238 Å². The molecule has 0 spiro atoms. The fraction of sp³-hybridized carbons (Fsp3) is 0.323. The van der Waals surface area contributed by atoms with E-state index in [9.17, 15) is 17.9 Å². The standard InChI is InChI=1S/C31H32F2N2O5S/c1-20-28(18-36)34-30(40-20)31(14-13-23(17-31)35-41(2,37)38)16-22-11-12-26(32)25(15-22)24-9-6-10-27(33)29(24)39-19-21-7-4-3-5-8-21/h3-12,15,23,35-36H,13-14,16-19H2,1-2H3/t23-,31+/m0/s1. The van der Waals surface area contributed by atoms with Crippen molar-refractivity contribution in [2.75, 3.05) is 6.26 Å². The van der Waals surface area contributed by atoms with Crippen LogP contribution in [0, 0.1) is 18.6 Å². The molecule has 2 N–H and O–H groups in total. The van der Waals surface area contributed by atoms with Crippen molar-refractivity contribution in [2.45, 2.75) is 57.3 Å². The highest BCUT2D eigenvalue weighted by Crippen LogP contribution is 2.45. The van der Waals surface area contributed by atoms with Gasteiger partial charge in [0, 0.05) is 17.2 Å². The van der Waals surface area contributed by atoms with Crippen molar-refractivity contribution in [1.29, 1.82) is 0 Å². The summed E-state index contributed by atoms with van der Waals surface area (Å²) in [5, 5.41) is 9.71. The number of hydrogen-bond acceptors (Lipinski definition) is 6. The van der Waals surface area contributed by atoms with Crippen LogP contribution < -0.4 is 9.46 Å². The van der Waals surface area contributed by atoms with E-state index in [4.69, 9.17) is 9.15 Å². The predicted octanol–water partition coefficient (Wildman–Crippen LogP) is 5.58. The molecule has 1 aliphatic carbocycles. The number of oxazole rings is 1. The number of halogens is 2. The first-order chi connectivity index (χ1) is 19.6. The molecule has 41 heavy (non-hydrogen) atoms. The molecule has 0 saturated heterocycles. The predicted molar refractivity (Wildman–Crippen MR) is 151 cm³/mol. The number of para-hydroxylation sites is 1. The van der Waals surface area contributed by atoms with Gasteiger partial charge in [-0.3, -0.25) is 0 Å². The molecule has 4 aromatic rings. The zero-order valence-electron chi connectivity index (χ0n) is 22.9. The molecule has 7 nitrogen and oxygen atoms in total. The van der Waals surface area contributed by atoms with Crippen LogP contribution in [0.5, 0.6) is 5.75 Å². The van der Waals surface area contributed by atoms with E-state index >= 15 is 4.39 Å². The van der Waals surface area contributed by atoms with Crippen molar-refractivity contribution in [3.8, 4) is 16.9 Å². The minimum absolute atomic E-state index is 0.0451. The maximum absolute atomic E-state index is 15.3. The average Bonchev–Trinajstić information content (AvgIpc) is 3.52. The summed E-state index contributed by atoms with van der Waals surface area (Å²) in [5.41, 5.74) is 1.76. The summed E-state index contributed by atoms with van der Waals surface area (Å²) in [4.78, 5) is 4.55. The Hall–Kier alpha value is -3.60. The second kappa shape index (κ2) is 11.7. The Morgan fingerprint density at radius 1 is 1.05 bits per heavy atom. The molecule has 10 heteroatoms. The average molecular weight is 583 g/mol. The van der Waals surface area contributed by atoms with Gasteiger partial charge in [-0.2, -0.15) is 0 Å². The van der Waals surface area contributed by atoms with Gasteiger partial charge in [0.1, 0.15) is 23.9 Å². The minimum atomic E-state index is -3.44. The lowest BCUT2D eigenvalue weighted by atomic mass is 9.79. The topological polar surface area (TPSA) is 102 Å². The first kappa shape index (κ1) is 28.9. The number of aliphatic hydroxyl groups excluding tert-OH is 1. The number of benzene rings is 3. The van der Waals surface area contributed by atoms with Gasteiger partial charge in [0.2, 0.25) is 15.9 Å². The third-order valence-corrected chi connectivity index (χ3v) is 8.30. The van der Waals surface area contributed by atoms with Crippen LogP contribution in [0.25, 0.3) is 11.1 Å². The fourth-order valence-electron chi connectivity index (χ4n) is 5.64. The molecular weight excluding hydrogens is 550 g/mol. The molecule has 1 fully saturated rings. The van der Waals surface area contributed by atoms with E-state index in [-0.39, 0.29) is 36.1 Å². The number of rotatable bonds is 10. The lowest BCUT2D eigenvalue weighted by Gasteiger charge is -2.27. The zero-order chi connectivity index (χ0) is 29.2. The highest BCUT2D eigenvalue weighted by Gasteiger charge is 2.45. The summed E-state index contributed by atoms with van der Waals surface area (Å²) in [7, 11) is -3.44. The van der Waals surface area contributed by atoms with E-state index in [1.807, 2.05) is 30.3 Å². The van der Waals surface area contributed by atoms with Gasteiger partial charge in [-0.25, -0.2) is 26.9 Å². The van der Waals surface area contributed by atoms with Crippen LogP contribution >= 0.6 is 0 Å². The van der Waals surface area contributed by atoms with Crippen LogP contribution in [0.15, 0.2) is 71.1 Å². The van der Waals surface area contributed by atoms with Gasteiger partial charge in [-0.15, -0.1) is 0 Å². The largest absolute Gasteiger partial charge is 0.485 e. The third kappa shape index (κ3) is 6.50. The van der Waals surface area contributed by atoms with Crippen molar-refractivity contribution < 1.29 is 31.5 Å². The van der Waals surface area contributed by atoms with Gasteiger partial charge in [0.15, 0.2) is 11.6 Å². The van der Waals surface area contributed by atoms with Crippen LogP contribution in [0.4, 0.5) is 8.78 Å². The number of nitrogens with zero attached hydrogens (tertiary/aromatic N) is 1. The second-order valence-electron chi connectivity index (χ2n) is 10.7. The van der Waals surface area contributed by atoms with E-state index in [2.05, 4.69) is 9.71 Å². The monoisotopic (exact) mass is 582 g/mol. The maximum Gasteiger partial charge on any atom is 0.208 e. The SMILES string of the molecule is Cc1oc([C@@]2(Cc3ccc(F)c(-c4cccc(F)c4OCc4ccccc4)c3)CC[C@H](NS(C)(=O)=O)C2)nc1CO. The van der Waals surface area contributed by atoms with Crippen molar-refractivity contribution in [3.05, 3.63) is 107 Å². The molecule has 0 unspecified atom stereocenters. The summed E-state index contributed by atoms with van der Waals surface area (Å²) in [6.07, 6.45) is 3.00. The van der Waals surface area contributed by atoms with Crippen molar-refractivity contribution in [2.24, 2.45) is 0 Å². The Morgan fingerprint density at radius 2 is 1.83 bits per heavy atom. The van der Waals surface area contributed by atoms with E-state index in [1.54, 1.807) is 25.1 Å². The van der Waals surface area contributed by atoms with Gasteiger partial charge in [0.25, 0.3) is 0 Å². The number of aliphatic hydroxyl groups is 1. The van der Waals surface area contributed by atoms with Crippen molar-refractivity contribution in [1.82, 2.24) is 9.71 Å². The molecule has 1 aliphatic rings. The number of hydrogen-bond donors (Lipinski definition) is 2. The Balaban J connectivity index is 1.50. The molecular formula is C31H32F2N2O5S. The molecule has 0 radical (unpaired) electrons. The van der Waals surface area contributed by atoms with E-state index in [1.165, 1.54) is 18.2 Å². The summed E-state index contributed by atoms with van der Waals surface area (Å²) in [6.45, 7) is 1.54. The molecule has 0 amide bonds. The molecule has 5 rings (SSSR count). The summed E-state index contributed by atoms with van der Waals surface area (Å²) >= 11 is 0. The van der Waals surface area contributed by atoms with Crippen LogP contribution in [0.1, 0.15) is 47.7 Å². The highest BCUT2D eigenvalue weighted by molar-refractivity contribution is 7.88. The van der Waals surface area contributed by atoms with E-state index in [0.717, 1.165) is 17.4 Å². The number of ether oxygens (including phenoxy) is 1. The molecule has 3 aromatic carbocycles. The second-order valence-corrected chi connectivity index (χ2v) is 12.5. The Bertz CT molecular complexity index is 1640. The number of aromatic nitrogens is 1. The minimum Gasteiger partial charge on any atom is -0.485 e. The van der Waals surface area contributed by atoms with Crippen LogP contribution in [0.3, 0.4) is 0 Å². The first-order valence-electron chi connectivity index (χ1n) is 13.4. The summed E-state index contributed by atoms with van der Waals surface area (Å²) in [5.74, 6) is -0.287. The zero-order valence-corrected chi connectivity index (χ0v) is 23.7. The Kier molecular flexibility index (Phi) is 8.26. The molecule has 0 bridgehead atoms. The van der Waals surface area contributed by atoms with E-state index < -0.39 is 27.1 Å². The summed E-state index contributed by atoms with van der Waals surface area (Å²) < 4.78 is 68.8. The van der Waals surface area contributed by atoms with Crippen molar-refractivity contribution >= 4 is 10.0 Å². The molecule has 0 aliphatic heterocycles. The van der Waals surface area contributed by atoms with Crippen LogP contribution in [0.2, 0.25) is 0 Å². The maximum atomic E-state index is 15.3. The van der Waals surface area contributed by atoms with Gasteiger partial charge in [-0.1, -0.05) is 48.5 Å². The molecule has 1 saturated carbocycles. The van der Waals surface area contributed by atoms with Gasteiger partial charge in [-0.05, 0) is 61.9 Å². The normalized spacial score (nSPS) is 19.0. The van der Waals surface area contributed by atoms with Gasteiger partial charge < -0.3 is 14.3 Å². The highest BCUT2D eigenvalue weighted by atomic mass is 32.2. The quantitative estimate of drug-likeness (QED) is 0.253. The van der Waals surface area contributed by atoms with Gasteiger partial charge >= 0.3 is 0 Å². The van der Waals surface area contributed by atoms with Gasteiger partial charge in [0.05, 0.1) is 18.3 Å². The summed E-state index contributed by atoms with van der Waals surface area (Å²) in [6, 6.07) is 18.1. The molecule has 216 valence electrons. The fourth-order valence-corrected chi connectivity index (χ4v) is 6.45. The number of nitrogens with one attached hydrogen (secondary N) is 1. The van der Waals surface area contributed by atoms with Crippen LogP contribution in [-0.2, 0) is 35.1 Å². The smallest absolute Gasteiger partial charge is 0.208 e. The number of aryl methyl sites for hydroxylation is 1. The first-order valence-corrected chi connectivity index (χ1v) is 15.2.